The largest absolute Gasteiger partial charge is 0.379 e. The van der Waals surface area contributed by atoms with E-state index in [1.807, 2.05) is 4.57 Å². The quantitative estimate of drug-likeness (QED) is 0.527. The summed E-state index contributed by atoms with van der Waals surface area (Å²) in [5, 5.41) is 2.98. The van der Waals surface area contributed by atoms with E-state index in [9.17, 15) is 13.6 Å². The maximum absolute atomic E-state index is 14.5. The van der Waals surface area contributed by atoms with E-state index in [0.29, 0.717) is 30.0 Å². The van der Waals surface area contributed by atoms with Crippen LogP contribution in [0.4, 0.5) is 8.78 Å². The molecule has 1 aromatic heterocycles. The SMILES string of the molecule is O=C(Cc1[nH]c(=S)n2c1CC(c1c(F)ccc(Br)c1F)C2)NC1CCCOC1. The first kappa shape index (κ1) is 19.7. The van der Waals surface area contributed by atoms with Crippen molar-refractivity contribution in [3.63, 3.8) is 0 Å². The molecule has 28 heavy (non-hydrogen) atoms. The molecule has 2 aliphatic heterocycles. The van der Waals surface area contributed by atoms with Gasteiger partial charge in [0.05, 0.1) is 23.5 Å². The van der Waals surface area contributed by atoms with E-state index in [1.54, 1.807) is 0 Å². The molecule has 2 N–H and O–H groups in total. The van der Waals surface area contributed by atoms with Crippen molar-refractivity contribution in [2.45, 2.75) is 44.2 Å². The fraction of sp³-hybridized carbons (Fsp3) is 0.474. The molecule has 2 atom stereocenters. The molecular formula is C19H20BrF2N3O2S. The smallest absolute Gasteiger partial charge is 0.226 e. The molecule has 0 aliphatic carbocycles. The van der Waals surface area contributed by atoms with Crippen LogP contribution in [-0.2, 0) is 28.9 Å². The molecule has 5 nitrogen and oxygen atoms in total. The molecule has 3 heterocycles. The number of nitrogens with zero attached hydrogens (tertiary/aromatic N) is 1. The Bertz CT molecular complexity index is 969. The minimum absolute atomic E-state index is 0.0255. The summed E-state index contributed by atoms with van der Waals surface area (Å²) in [5.74, 6) is -1.62. The fourth-order valence-electron chi connectivity index (χ4n) is 4.05. The van der Waals surface area contributed by atoms with Gasteiger partial charge in [0.2, 0.25) is 5.91 Å². The number of H-pyrrole nitrogens is 1. The normalized spacial score (nSPS) is 21.5. The predicted octanol–water partition coefficient (Wildman–Crippen LogP) is 3.76. The van der Waals surface area contributed by atoms with Crippen LogP contribution in [0.15, 0.2) is 16.6 Å². The van der Waals surface area contributed by atoms with Crippen LogP contribution in [0.5, 0.6) is 0 Å². The van der Waals surface area contributed by atoms with Gasteiger partial charge in [-0.2, -0.15) is 0 Å². The zero-order valence-electron chi connectivity index (χ0n) is 15.1. The molecule has 4 rings (SSSR count). The molecule has 2 aromatic rings. The average molecular weight is 472 g/mol. The molecule has 1 saturated heterocycles. The number of amides is 1. The monoisotopic (exact) mass is 471 g/mol. The van der Waals surface area contributed by atoms with E-state index < -0.39 is 11.6 Å². The number of rotatable bonds is 4. The number of fused-ring (bicyclic) bond motifs is 1. The molecule has 1 aromatic carbocycles. The van der Waals surface area contributed by atoms with Crippen molar-refractivity contribution >= 4 is 34.1 Å². The highest BCUT2D eigenvalue weighted by Gasteiger charge is 2.32. The average Bonchev–Trinajstić information content (AvgIpc) is 3.21. The summed E-state index contributed by atoms with van der Waals surface area (Å²) >= 11 is 8.49. The van der Waals surface area contributed by atoms with Gasteiger partial charge in [0.15, 0.2) is 4.77 Å². The van der Waals surface area contributed by atoms with Crippen LogP contribution in [-0.4, -0.2) is 34.7 Å². The summed E-state index contributed by atoms with van der Waals surface area (Å²) in [6.07, 6.45) is 2.41. The van der Waals surface area contributed by atoms with Gasteiger partial charge in [-0.25, -0.2) is 8.78 Å². The summed E-state index contributed by atoms with van der Waals surface area (Å²) in [7, 11) is 0. The van der Waals surface area contributed by atoms with E-state index in [2.05, 4.69) is 26.2 Å². The van der Waals surface area contributed by atoms with Crippen LogP contribution in [0.3, 0.4) is 0 Å². The molecule has 1 fully saturated rings. The minimum atomic E-state index is -0.581. The van der Waals surface area contributed by atoms with Gasteiger partial charge in [-0.05, 0) is 59.5 Å². The van der Waals surface area contributed by atoms with Gasteiger partial charge in [0.25, 0.3) is 0 Å². The topological polar surface area (TPSA) is 59.0 Å². The van der Waals surface area contributed by atoms with E-state index in [4.69, 9.17) is 17.0 Å². The van der Waals surface area contributed by atoms with Gasteiger partial charge in [-0.1, -0.05) is 0 Å². The highest BCUT2D eigenvalue weighted by molar-refractivity contribution is 9.10. The molecule has 2 aliphatic rings. The third kappa shape index (κ3) is 3.79. The number of aromatic amines is 1. The van der Waals surface area contributed by atoms with Gasteiger partial charge in [0, 0.05) is 36.0 Å². The van der Waals surface area contributed by atoms with Crippen LogP contribution in [0.1, 0.15) is 35.7 Å². The van der Waals surface area contributed by atoms with Crippen molar-refractivity contribution in [3.8, 4) is 0 Å². The first-order valence-corrected chi connectivity index (χ1v) is 10.4. The van der Waals surface area contributed by atoms with Crippen molar-refractivity contribution in [1.29, 1.82) is 0 Å². The first-order valence-electron chi connectivity index (χ1n) is 9.25. The lowest BCUT2D eigenvalue weighted by Gasteiger charge is -2.23. The standard InChI is InChI=1S/C19H20BrF2N3O2S/c20-12-3-4-13(21)17(18(12)22)10-6-15-14(24-19(28)25(15)8-10)7-16(26)23-11-2-1-5-27-9-11/h3-4,10-11H,1-2,5-9H2,(H,23,26)(H,24,28). The van der Waals surface area contributed by atoms with Gasteiger partial charge < -0.3 is 19.6 Å². The number of nitrogens with one attached hydrogen (secondary N) is 2. The first-order chi connectivity index (χ1) is 13.4. The molecule has 0 spiro atoms. The number of imidazole rings is 1. The molecule has 0 bridgehead atoms. The maximum atomic E-state index is 14.5. The van der Waals surface area contributed by atoms with Crippen LogP contribution < -0.4 is 5.32 Å². The van der Waals surface area contributed by atoms with Crippen molar-refractivity contribution in [3.05, 3.63) is 50.0 Å². The summed E-state index contributed by atoms with van der Waals surface area (Å²) in [6.45, 7) is 1.64. The maximum Gasteiger partial charge on any atom is 0.226 e. The Hall–Kier alpha value is -1.58. The number of ether oxygens (including phenoxy) is 1. The molecule has 9 heteroatoms. The van der Waals surface area contributed by atoms with Gasteiger partial charge in [-0.15, -0.1) is 0 Å². The number of carbonyl (C=O) groups excluding carboxylic acids is 1. The van der Waals surface area contributed by atoms with Gasteiger partial charge in [0.1, 0.15) is 11.6 Å². The number of carbonyl (C=O) groups is 1. The third-order valence-corrected chi connectivity index (χ3v) is 6.31. The summed E-state index contributed by atoms with van der Waals surface area (Å²) in [4.78, 5) is 15.5. The lowest BCUT2D eigenvalue weighted by atomic mass is 9.95. The number of hydrogen-bond donors (Lipinski definition) is 2. The van der Waals surface area contributed by atoms with E-state index in [0.717, 1.165) is 25.1 Å². The van der Waals surface area contributed by atoms with Crippen LogP contribution >= 0.6 is 28.1 Å². The van der Waals surface area contributed by atoms with Crippen molar-refractivity contribution in [2.24, 2.45) is 0 Å². The number of aromatic nitrogens is 2. The lowest BCUT2D eigenvalue weighted by molar-refractivity contribution is -0.122. The van der Waals surface area contributed by atoms with Gasteiger partial charge >= 0.3 is 0 Å². The predicted molar refractivity (Wildman–Crippen MR) is 106 cm³/mol. The lowest BCUT2D eigenvalue weighted by Crippen LogP contribution is -2.41. The molecule has 0 radical (unpaired) electrons. The Morgan fingerprint density at radius 1 is 1.43 bits per heavy atom. The highest BCUT2D eigenvalue weighted by Crippen LogP contribution is 2.36. The highest BCUT2D eigenvalue weighted by atomic mass is 79.9. The van der Waals surface area contributed by atoms with Crippen LogP contribution in [0, 0.1) is 16.4 Å². The second kappa shape index (κ2) is 8.04. The molecule has 150 valence electrons. The van der Waals surface area contributed by atoms with Crippen molar-refractivity contribution in [2.75, 3.05) is 13.2 Å². The van der Waals surface area contributed by atoms with Crippen molar-refractivity contribution < 1.29 is 18.3 Å². The Kier molecular flexibility index (Phi) is 5.66. The second-order valence-electron chi connectivity index (χ2n) is 7.28. The number of halogens is 3. The van der Waals surface area contributed by atoms with Crippen LogP contribution in [0.25, 0.3) is 0 Å². The van der Waals surface area contributed by atoms with Crippen LogP contribution in [0.2, 0.25) is 0 Å². The zero-order chi connectivity index (χ0) is 19.8. The summed E-state index contributed by atoms with van der Waals surface area (Å²) < 4.78 is 36.7. The molecule has 2 unspecified atom stereocenters. The molecule has 0 saturated carbocycles. The fourth-order valence-corrected chi connectivity index (χ4v) is 4.70. The summed E-state index contributed by atoms with van der Waals surface area (Å²) in [6, 6.07) is 2.65. The molecule has 1 amide bonds. The number of benzene rings is 1. The molecular weight excluding hydrogens is 452 g/mol. The Morgan fingerprint density at radius 2 is 2.25 bits per heavy atom. The van der Waals surface area contributed by atoms with E-state index >= 15 is 0 Å². The van der Waals surface area contributed by atoms with Crippen molar-refractivity contribution in [1.82, 2.24) is 14.9 Å². The number of hydrogen-bond acceptors (Lipinski definition) is 3. The van der Waals surface area contributed by atoms with Gasteiger partial charge in [-0.3, -0.25) is 4.79 Å². The Morgan fingerprint density at radius 3 is 3.00 bits per heavy atom. The second-order valence-corrected chi connectivity index (χ2v) is 8.52. The summed E-state index contributed by atoms with van der Waals surface area (Å²) in [5.41, 5.74) is 1.60. The third-order valence-electron chi connectivity index (χ3n) is 5.37. The Balaban J connectivity index is 1.52. The van der Waals surface area contributed by atoms with E-state index in [1.165, 1.54) is 12.1 Å². The zero-order valence-corrected chi connectivity index (χ0v) is 17.5. The Labute approximate surface area is 174 Å². The van der Waals surface area contributed by atoms with E-state index in [-0.39, 0.29) is 34.3 Å². The minimum Gasteiger partial charge on any atom is -0.379 e.